The van der Waals surface area contributed by atoms with Gasteiger partial charge in [0.05, 0.1) is 5.92 Å². The molecule has 2 N–H and O–H groups in total. The smallest absolute Gasteiger partial charge is 0.229 e. The molecule has 0 aromatic heterocycles. The number of hydrogen-bond donors (Lipinski definition) is 1. The number of amides is 1. The Morgan fingerprint density at radius 2 is 2.12 bits per heavy atom. The minimum atomic E-state index is 0.0364. The number of carbonyl (C=O) groups is 1. The van der Waals surface area contributed by atoms with E-state index in [1.54, 1.807) is 0 Å². The highest BCUT2D eigenvalue weighted by Gasteiger charge is 2.36. The Bertz CT molecular complexity index is 294. The van der Waals surface area contributed by atoms with E-state index < -0.39 is 0 Å². The normalized spacial score (nSPS) is 28.8. The van der Waals surface area contributed by atoms with Gasteiger partial charge in [-0.3, -0.25) is 4.79 Å². The molecule has 0 saturated heterocycles. The van der Waals surface area contributed by atoms with Crippen molar-refractivity contribution < 1.29 is 4.79 Å². The van der Waals surface area contributed by atoms with E-state index in [2.05, 4.69) is 18.7 Å². The van der Waals surface area contributed by atoms with E-state index in [1.807, 2.05) is 12.2 Å². The zero-order chi connectivity index (χ0) is 11.7. The van der Waals surface area contributed by atoms with Crippen LogP contribution in [0, 0.1) is 11.8 Å². The monoisotopic (exact) mass is 222 g/mol. The highest BCUT2D eigenvalue weighted by atomic mass is 16.2. The van der Waals surface area contributed by atoms with Gasteiger partial charge in [-0.15, -0.1) is 0 Å². The summed E-state index contributed by atoms with van der Waals surface area (Å²) in [6.45, 7) is 5.22. The highest BCUT2D eigenvalue weighted by molar-refractivity contribution is 5.81. The van der Waals surface area contributed by atoms with Crippen LogP contribution in [-0.4, -0.2) is 29.4 Å². The van der Waals surface area contributed by atoms with Crippen molar-refractivity contribution in [3.05, 3.63) is 12.2 Å². The van der Waals surface area contributed by atoms with Crippen LogP contribution in [0.15, 0.2) is 12.2 Å². The number of carbonyl (C=O) groups excluding carboxylic acids is 1. The van der Waals surface area contributed by atoms with Crippen LogP contribution >= 0.6 is 0 Å². The molecule has 0 aromatic rings. The second kappa shape index (κ2) is 4.58. The SMILES string of the molecule is CC(C)CN(C(=O)C1C=CC(N)C1)C1CC1. The largest absolute Gasteiger partial charge is 0.339 e. The molecule has 90 valence electrons. The lowest BCUT2D eigenvalue weighted by Crippen LogP contribution is -2.40. The summed E-state index contributed by atoms with van der Waals surface area (Å²) in [5.41, 5.74) is 5.80. The first-order chi connectivity index (χ1) is 7.58. The quantitative estimate of drug-likeness (QED) is 0.733. The first-order valence-electron chi connectivity index (χ1n) is 6.32. The molecule has 1 fully saturated rings. The van der Waals surface area contributed by atoms with Gasteiger partial charge in [-0.2, -0.15) is 0 Å². The Balaban J connectivity index is 1.97. The summed E-state index contributed by atoms with van der Waals surface area (Å²) in [4.78, 5) is 14.4. The van der Waals surface area contributed by atoms with E-state index >= 15 is 0 Å². The second-order valence-electron chi connectivity index (χ2n) is 5.51. The van der Waals surface area contributed by atoms with E-state index in [0.717, 1.165) is 13.0 Å². The molecule has 16 heavy (non-hydrogen) atoms. The van der Waals surface area contributed by atoms with Gasteiger partial charge in [0.25, 0.3) is 0 Å². The van der Waals surface area contributed by atoms with Gasteiger partial charge in [0, 0.05) is 18.6 Å². The Labute approximate surface area is 97.7 Å². The number of rotatable bonds is 4. The van der Waals surface area contributed by atoms with Crippen LogP contribution in [0.3, 0.4) is 0 Å². The summed E-state index contributed by atoms with van der Waals surface area (Å²) in [5.74, 6) is 0.873. The minimum absolute atomic E-state index is 0.0364. The fourth-order valence-corrected chi connectivity index (χ4v) is 2.32. The third-order valence-electron chi connectivity index (χ3n) is 3.27. The van der Waals surface area contributed by atoms with Crippen LogP contribution in [0.5, 0.6) is 0 Å². The van der Waals surface area contributed by atoms with Crippen molar-refractivity contribution >= 4 is 5.91 Å². The molecule has 2 unspecified atom stereocenters. The summed E-state index contributed by atoms with van der Waals surface area (Å²) in [6, 6.07) is 0.592. The molecule has 2 aliphatic carbocycles. The van der Waals surface area contributed by atoms with Crippen LogP contribution in [0.25, 0.3) is 0 Å². The molecular formula is C13H22N2O. The van der Waals surface area contributed by atoms with Gasteiger partial charge in [0.15, 0.2) is 0 Å². The van der Waals surface area contributed by atoms with E-state index in [-0.39, 0.29) is 12.0 Å². The third-order valence-corrected chi connectivity index (χ3v) is 3.27. The summed E-state index contributed by atoms with van der Waals surface area (Å²) in [7, 11) is 0. The van der Waals surface area contributed by atoms with Crippen molar-refractivity contribution in [3.63, 3.8) is 0 Å². The maximum Gasteiger partial charge on any atom is 0.229 e. The molecule has 0 spiro atoms. The molecule has 0 heterocycles. The van der Waals surface area contributed by atoms with Crippen molar-refractivity contribution in [3.8, 4) is 0 Å². The Kier molecular flexibility index (Phi) is 3.33. The molecule has 2 rings (SSSR count). The van der Waals surface area contributed by atoms with Gasteiger partial charge in [0.1, 0.15) is 0 Å². The standard InChI is InChI=1S/C13H22N2O/c1-9(2)8-15(12-5-6-12)13(16)10-3-4-11(14)7-10/h3-4,9-12H,5-8,14H2,1-2H3. The predicted molar refractivity (Wildman–Crippen MR) is 64.8 cm³/mol. The van der Waals surface area contributed by atoms with Crippen LogP contribution in [-0.2, 0) is 4.79 Å². The lowest BCUT2D eigenvalue weighted by molar-refractivity contribution is -0.135. The summed E-state index contributed by atoms with van der Waals surface area (Å²) in [6.07, 6.45) is 7.10. The lowest BCUT2D eigenvalue weighted by Gasteiger charge is -2.27. The molecule has 3 nitrogen and oxygen atoms in total. The maximum atomic E-state index is 12.3. The van der Waals surface area contributed by atoms with Gasteiger partial charge < -0.3 is 10.6 Å². The number of nitrogens with two attached hydrogens (primary N) is 1. The highest BCUT2D eigenvalue weighted by Crippen LogP contribution is 2.30. The van der Waals surface area contributed by atoms with Crippen LogP contribution in [0.1, 0.15) is 33.1 Å². The van der Waals surface area contributed by atoms with Gasteiger partial charge in [-0.05, 0) is 25.2 Å². The molecule has 1 amide bonds. The van der Waals surface area contributed by atoms with Crippen molar-refractivity contribution in [1.29, 1.82) is 0 Å². The molecule has 0 aliphatic heterocycles. The summed E-state index contributed by atoms with van der Waals surface area (Å²) >= 11 is 0. The Morgan fingerprint density at radius 1 is 1.44 bits per heavy atom. The zero-order valence-electron chi connectivity index (χ0n) is 10.2. The van der Waals surface area contributed by atoms with Crippen molar-refractivity contribution in [2.45, 2.75) is 45.2 Å². The van der Waals surface area contributed by atoms with Gasteiger partial charge in [-0.1, -0.05) is 26.0 Å². The Hall–Kier alpha value is -0.830. The average molecular weight is 222 g/mol. The summed E-state index contributed by atoms with van der Waals surface area (Å²) < 4.78 is 0. The minimum Gasteiger partial charge on any atom is -0.339 e. The number of nitrogens with zero attached hydrogens (tertiary/aromatic N) is 1. The van der Waals surface area contributed by atoms with Crippen LogP contribution in [0.4, 0.5) is 0 Å². The van der Waals surface area contributed by atoms with Gasteiger partial charge >= 0.3 is 0 Å². The van der Waals surface area contributed by atoms with Gasteiger partial charge in [0.2, 0.25) is 5.91 Å². The molecule has 1 saturated carbocycles. The molecular weight excluding hydrogens is 200 g/mol. The van der Waals surface area contributed by atoms with Gasteiger partial charge in [-0.25, -0.2) is 0 Å². The first kappa shape index (κ1) is 11.6. The molecule has 0 bridgehead atoms. The van der Waals surface area contributed by atoms with Crippen LogP contribution < -0.4 is 5.73 Å². The maximum absolute atomic E-state index is 12.3. The number of hydrogen-bond acceptors (Lipinski definition) is 2. The topological polar surface area (TPSA) is 46.3 Å². The first-order valence-corrected chi connectivity index (χ1v) is 6.32. The van der Waals surface area contributed by atoms with Crippen LogP contribution in [0.2, 0.25) is 0 Å². The summed E-state index contributed by atoms with van der Waals surface area (Å²) in [5, 5.41) is 0. The van der Waals surface area contributed by atoms with Crippen molar-refractivity contribution in [1.82, 2.24) is 4.90 Å². The van der Waals surface area contributed by atoms with E-state index in [4.69, 9.17) is 5.73 Å². The lowest BCUT2D eigenvalue weighted by atomic mass is 10.1. The Morgan fingerprint density at radius 3 is 2.56 bits per heavy atom. The van der Waals surface area contributed by atoms with Crippen molar-refractivity contribution in [2.75, 3.05) is 6.54 Å². The van der Waals surface area contributed by atoms with Crippen molar-refractivity contribution in [2.24, 2.45) is 17.6 Å². The zero-order valence-corrected chi connectivity index (χ0v) is 10.2. The third kappa shape index (κ3) is 2.64. The molecule has 2 atom stereocenters. The van der Waals surface area contributed by atoms with E-state index in [1.165, 1.54) is 12.8 Å². The molecule has 0 radical (unpaired) electrons. The molecule has 0 aromatic carbocycles. The second-order valence-corrected chi connectivity index (χ2v) is 5.51. The average Bonchev–Trinajstić information content (AvgIpc) is 2.96. The fourth-order valence-electron chi connectivity index (χ4n) is 2.32. The van der Waals surface area contributed by atoms with E-state index in [9.17, 15) is 4.79 Å². The molecule has 3 heteroatoms. The predicted octanol–water partition coefficient (Wildman–Crippen LogP) is 1.54. The fraction of sp³-hybridized carbons (Fsp3) is 0.769. The van der Waals surface area contributed by atoms with E-state index in [0.29, 0.717) is 17.9 Å². The molecule has 2 aliphatic rings.